The lowest BCUT2D eigenvalue weighted by atomic mass is 10.1. The first-order valence-corrected chi connectivity index (χ1v) is 6.02. The SMILES string of the molecule is Cn1nc(-c2ccc(F)cn2)c(-c2ccccn2)c1N. The van der Waals surface area contributed by atoms with Gasteiger partial charge in [0.15, 0.2) is 0 Å². The number of hydrogen-bond donors (Lipinski definition) is 1. The molecular weight excluding hydrogens is 257 g/mol. The van der Waals surface area contributed by atoms with Crippen molar-refractivity contribution in [2.75, 3.05) is 5.73 Å². The second-order valence-electron chi connectivity index (χ2n) is 4.31. The summed E-state index contributed by atoms with van der Waals surface area (Å²) in [6, 6.07) is 8.46. The van der Waals surface area contributed by atoms with Gasteiger partial charge in [-0.25, -0.2) is 4.39 Å². The summed E-state index contributed by atoms with van der Waals surface area (Å²) >= 11 is 0. The molecule has 20 heavy (non-hydrogen) atoms. The Morgan fingerprint density at radius 2 is 1.95 bits per heavy atom. The maximum absolute atomic E-state index is 13.0. The van der Waals surface area contributed by atoms with Gasteiger partial charge in [-0.2, -0.15) is 5.10 Å². The summed E-state index contributed by atoms with van der Waals surface area (Å²) in [5, 5.41) is 4.35. The number of pyridine rings is 2. The van der Waals surface area contributed by atoms with Crippen molar-refractivity contribution in [2.45, 2.75) is 0 Å². The molecule has 0 aliphatic carbocycles. The fourth-order valence-corrected chi connectivity index (χ4v) is 2.00. The van der Waals surface area contributed by atoms with Crippen molar-refractivity contribution >= 4 is 5.82 Å². The molecule has 6 heteroatoms. The molecule has 2 N–H and O–H groups in total. The first-order valence-electron chi connectivity index (χ1n) is 6.02. The molecule has 3 aromatic heterocycles. The van der Waals surface area contributed by atoms with Crippen molar-refractivity contribution in [3.63, 3.8) is 0 Å². The van der Waals surface area contributed by atoms with Gasteiger partial charge < -0.3 is 5.73 Å². The fraction of sp³-hybridized carbons (Fsp3) is 0.0714. The van der Waals surface area contributed by atoms with Gasteiger partial charge in [0.2, 0.25) is 0 Å². The van der Waals surface area contributed by atoms with Crippen molar-refractivity contribution in [2.24, 2.45) is 7.05 Å². The van der Waals surface area contributed by atoms with Crippen molar-refractivity contribution in [3.05, 3.63) is 48.5 Å². The number of rotatable bonds is 2. The highest BCUT2D eigenvalue weighted by Crippen LogP contribution is 2.33. The monoisotopic (exact) mass is 269 g/mol. The smallest absolute Gasteiger partial charge is 0.141 e. The Labute approximate surface area is 114 Å². The number of aryl methyl sites for hydroxylation is 1. The van der Waals surface area contributed by atoms with Crippen LogP contribution < -0.4 is 5.73 Å². The third-order valence-corrected chi connectivity index (χ3v) is 2.98. The van der Waals surface area contributed by atoms with Crippen LogP contribution >= 0.6 is 0 Å². The molecule has 5 nitrogen and oxygen atoms in total. The van der Waals surface area contributed by atoms with Gasteiger partial charge in [-0.1, -0.05) is 6.07 Å². The zero-order valence-corrected chi connectivity index (χ0v) is 10.8. The Balaban J connectivity index is 2.22. The van der Waals surface area contributed by atoms with E-state index >= 15 is 0 Å². The number of halogens is 1. The molecule has 0 radical (unpaired) electrons. The van der Waals surface area contributed by atoms with E-state index in [9.17, 15) is 4.39 Å². The fourth-order valence-electron chi connectivity index (χ4n) is 2.00. The zero-order valence-electron chi connectivity index (χ0n) is 10.8. The average molecular weight is 269 g/mol. The van der Waals surface area contributed by atoms with Crippen LogP contribution in [-0.4, -0.2) is 19.7 Å². The summed E-state index contributed by atoms with van der Waals surface area (Å²) in [4.78, 5) is 8.35. The van der Waals surface area contributed by atoms with Crippen LogP contribution in [0.1, 0.15) is 0 Å². The number of hydrogen-bond acceptors (Lipinski definition) is 4. The predicted molar refractivity (Wildman–Crippen MR) is 74.0 cm³/mol. The maximum Gasteiger partial charge on any atom is 0.141 e. The highest BCUT2D eigenvalue weighted by Gasteiger charge is 2.19. The minimum Gasteiger partial charge on any atom is -0.383 e. The second kappa shape index (κ2) is 4.73. The molecule has 3 aromatic rings. The van der Waals surface area contributed by atoms with Gasteiger partial charge in [0.05, 0.1) is 23.1 Å². The van der Waals surface area contributed by atoms with Gasteiger partial charge in [0.1, 0.15) is 17.3 Å². The third kappa shape index (κ3) is 2.01. The molecule has 0 spiro atoms. The second-order valence-corrected chi connectivity index (χ2v) is 4.31. The Kier molecular flexibility index (Phi) is 2.90. The lowest BCUT2D eigenvalue weighted by Gasteiger charge is -2.02. The number of nitrogens with two attached hydrogens (primary N) is 1. The molecule has 0 unspecified atom stereocenters. The van der Waals surface area contributed by atoms with Crippen molar-refractivity contribution in [1.82, 2.24) is 19.7 Å². The summed E-state index contributed by atoms with van der Waals surface area (Å²) in [5.41, 5.74) is 8.61. The van der Waals surface area contributed by atoms with Gasteiger partial charge in [-0.15, -0.1) is 0 Å². The van der Waals surface area contributed by atoms with Crippen LogP contribution in [0.2, 0.25) is 0 Å². The molecule has 0 saturated carbocycles. The molecule has 0 atom stereocenters. The van der Waals surface area contributed by atoms with E-state index in [0.717, 1.165) is 6.20 Å². The summed E-state index contributed by atoms with van der Waals surface area (Å²) in [5.74, 6) is 0.0989. The largest absolute Gasteiger partial charge is 0.383 e. The minimum absolute atomic E-state index is 0.392. The highest BCUT2D eigenvalue weighted by atomic mass is 19.1. The lowest BCUT2D eigenvalue weighted by Crippen LogP contribution is -1.98. The number of anilines is 1. The van der Waals surface area contributed by atoms with Crippen molar-refractivity contribution < 1.29 is 4.39 Å². The van der Waals surface area contributed by atoms with Crippen LogP contribution in [-0.2, 0) is 7.05 Å². The molecule has 0 amide bonds. The predicted octanol–water partition coefficient (Wildman–Crippen LogP) is 2.27. The maximum atomic E-state index is 13.0. The van der Waals surface area contributed by atoms with E-state index in [1.807, 2.05) is 18.2 Å². The van der Waals surface area contributed by atoms with Crippen LogP contribution in [0.15, 0.2) is 42.7 Å². The summed E-state index contributed by atoms with van der Waals surface area (Å²) in [7, 11) is 1.74. The van der Waals surface area contributed by atoms with E-state index in [4.69, 9.17) is 5.73 Å². The van der Waals surface area contributed by atoms with Gasteiger partial charge in [0, 0.05) is 13.2 Å². The molecule has 100 valence electrons. The van der Waals surface area contributed by atoms with E-state index in [-0.39, 0.29) is 0 Å². The Bertz CT molecular complexity index is 734. The lowest BCUT2D eigenvalue weighted by molar-refractivity contribution is 0.621. The van der Waals surface area contributed by atoms with Gasteiger partial charge in [0.25, 0.3) is 0 Å². The molecule has 0 saturated heterocycles. The molecule has 0 aliphatic heterocycles. The Hall–Kier alpha value is -2.76. The number of nitrogens with zero attached hydrogens (tertiary/aromatic N) is 4. The number of nitrogen functional groups attached to an aromatic ring is 1. The van der Waals surface area contributed by atoms with Gasteiger partial charge in [-0.05, 0) is 24.3 Å². The first kappa shape index (κ1) is 12.3. The summed E-state index contributed by atoms with van der Waals surface area (Å²) < 4.78 is 14.5. The van der Waals surface area contributed by atoms with E-state index in [0.29, 0.717) is 28.5 Å². The van der Waals surface area contributed by atoms with Gasteiger partial charge in [-0.3, -0.25) is 14.6 Å². The quantitative estimate of drug-likeness (QED) is 0.774. The molecule has 3 rings (SSSR count). The molecule has 0 fully saturated rings. The normalized spacial score (nSPS) is 10.7. The molecule has 3 heterocycles. The topological polar surface area (TPSA) is 69.6 Å². The summed E-state index contributed by atoms with van der Waals surface area (Å²) in [6.45, 7) is 0. The van der Waals surface area contributed by atoms with Crippen LogP contribution in [0.25, 0.3) is 22.6 Å². The highest BCUT2D eigenvalue weighted by molar-refractivity contribution is 5.85. The van der Waals surface area contributed by atoms with Crippen molar-refractivity contribution in [3.8, 4) is 22.6 Å². The van der Waals surface area contributed by atoms with Crippen LogP contribution in [0, 0.1) is 5.82 Å². The zero-order chi connectivity index (χ0) is 14.1. The van der Waals surface area contributed by atoms with E-state index in [2.05, 4.69) is 15.1 Å². The standard InChI is InChI=1S/C14H12FN5/c1-20-14(16)12(10-4-2-3-7-17-10)13(19-20)11-6-5-9(15)8-18-11/h2-8H,16H2,1H3. The molecule has 0 aromatic carbocycles. The Morgan fingerprint density at radius 1 is 1.10 bits per heavy atom. The Morgan fingerprint density at radius 3 is 2.60 bits per heavy atom. The molecule has 0 bridgehead atoms. The van der Waals surface area contributed by atoms with Crippen LogP contribution in [0.5, 0.6) is 0 Å². The van der Waals surface area contributed by atoms with Gasteiger partial charge >= 0.3 is 0 Å². The van der Waals surface area contributed by atoms with Crippen LogP contribution in [0.3, 0.4) is 0 Å². The first-order chi connectivity index (χ1) is 9.66. The molecule has 0 aliphatic rings. The molecular formula is C14H12FN5. The van der Waals surface area contributed by atoms with Crippen molar-refractivity contribution in [1.29, 1.82) is 0 Å². The van der Waals surface area contributed by atoms with E-state index in [1.54, 1.807) is 24.0 Å². The van der Waals surface area contributed by atoms with E-state index < -0.39 is 5.82 Å². The average Bonchev–Trinajstić information content (AvgIpc) is 2.77. The van der Waals surface area contributed by atoms with Crippen LogP contribution in [0.4, 0.5) is 10.2 Å². The van der Waals surface area contributed by atoms with E-state index in [1.165, 1.54) is 6.07 Å². The number of aromatic nitrogens is 4. The third-order valence-electron chi connectivity index (χ3n) is 2.98. The summed E-state index contributed by atoms with van der Waals surface area (Å²) in [6.07, 6.45) is 2.84. The minimum atomic E-state index is -0.392.